The molecule has 0 atom stereocenters. The zero-order chi connectivity index (χ0) is 15.4. The van der Waals surface area contributed by atoms with Crippen LogP contribution < -0.4 is 11.1 Å². The summed E-state index contributed by atoms with van der Waals surface area (Å²) in [5, 5.41) is 16.7. The normalized spacial score (nSPS) is 16.4. The molecule has 1 aliphatic heterocycles. The standard InChI is InChI=1S/C14H18N6O2.ClH/c15-9-14(5-7-22-8-6-14)13(21)16-11-3-1-10(2-4-11)12-17-19-20-18-12;/h1-4H,5-9,15H2,(H,16,21)(H,17,18,19,20);1H. The van der Waals surface area contributed by atoms with Crippen molar-refractivity contribution in [2.45, 2.75) is 12.8 Å². The maximum Gasteiger partial charge on any atom is 0.232 e. The number of aromatic nitrogens is 4. The topological polar surface area (TPSA) is 119 Å². The number of carbonyl (C=O) groups is 1. The van der Waals surface area contributed by atoms with Crippen LogP contribution in [0.5, 0.6) is 0 Å². The summed E-state index contributed by atoms with van der Waals surface area (Å²) < 4.78 is 5.33. The van der Waals surface area contributed by atoms with Crippen molar-refractivity contribution in [2.75, 3.05) is 25.1 Å². The van der Waals surface area contributed by atoms with Crippen LogP contribution in [0, 0.1) is 5.41 Å². The van der Waals surface area contributed by atoms with Crippen LogP contribution in [0.4, 0.5) is 5.69 Å². The van der Waals surface area contributed by atoms with Gasteiger partial charge in [0.25, 0.3) is 0 Å². The molecular formula is C14H19ClN6O2. The van der Waals surface area contributed by atoms with Gasteiger partial charge >= 0.3 is 0 Å². The van der Waals surface area contributed by atoms with E-state index in [1.165, 1.54) is 0 Å². The van der Waals surface area contributed by atoms with Gasteiger partial charge in [-0.3, -0.25) is 4.79 Å². The lowest BCUT2D eigenvalue weighted by Gasteiger charge is -2.34. The number of benzene rings is 1. The number of rotatable bonds is 4. The number of tetrazole rings is 1. The highest BCUT2D eigenvalue weighted by atomic mass is 35.5. The summed E-state index contributed by atoms with van der Waals surface area (Å²) in [7, 11) is 0. The summed E-state index contributed by atoms with van der Waals surface area (Å²) in [6.45, 7) is 1.46. The Morgan fingerprint density at radius 2 is 2.00 bits per heavy atom. The minimum absolute atomic E-state index is 0. The average Bonchev–Trinajstić information content (AvgIpc) is 3.10. The maximum absolute atomic E-state index is 12.5. The summed E-state index contributed by atoms with van der Waals surface area (Å²) in [6.07, 6.45) is 1.30. The van der Waals surface area contributed by atoms with E-state index in [2.05, 4.69) is 25.9 Å². The number of anilines is 1. The number of amides is 1. The molecule has 2 heterocycles. The highest BCUT2D eigenvalue weighted by Crippen LogP contribution is 2.31. The number of hydrogen-bond acceptors (Lipinski definition) is 6. The molecule has 0 unspecified atom stereocenters. The van der Waals surface area contributed by atoms with Gasteiger partial charge in [-0.25, -0.2) is 0 Å². The molecule has 0 radical (unpaired) electrons. The van der Waals surface area contributed by atoms with E-state index < -0.39 is 5.41 Å². The number of hydrogen-bond donors (Lipinski definition) is 3. The van der Waals surface area contributed by atoms with Gasteiger partial charge in [-0.15, -0.1) is 22.6 Å². The number of nitrogens with zero attached hydrogens (tertiary/aromatic N) is 3. The smallest absolute Gasteiger partial charge is 0.232 e. The van der Waals surface area contributed by atoms with Crippen molar-refractivity contribution in [3.8, 4) is 11.4 Å². The minimum atomic E-state index is -0.537. The Bertz CT molecular complexity index is 625. The van der Waals surface area contributed by atoms with E-state index in [9.17, 15) is 4.79 Å². The molecule has 124 valence electrons. The highest BCUT2D eigenvalue weighted by molar-refractivity contribution is 5.95. The fourth-order valence-electron chi connectivity index (χ4n) is 2.54. The Labute approximate surface area is 139 Å². The molecular weight excluding hydrogens is 320 g/mol. The van der Waals surface area contributed by atoms with Gasteiger partial charge in [-0.2, -0.15) is 5.21 Å². The Kier molecular flexibility index (Phi) is 5.64. The summed E-state index contributed by atoms with van der Waals surface area (Å²) in [6, 6.07) is 7.29. The second-order valence-electron chi connectivity index (χ2n) is 5.36. The summed E-state index contributed by atoms with van der Waals surface area (Å²) in [4.78, 5) is 12.5. The van der Waals surface area contributed by atoms with Crippen LogP contribution in [0.15, 0.2) is 24.3 Å². The molecule has 8 nitrogen and oxygen atoms in total. The maximum atomic E-state index is 12.5. The number of nitrogens with one attached hydrogen (secondary N) is 2. The van der Waals surface area contributed by atoms with Crippen LogP contribution in [0.25, 0.3) is 11.4 Å². The SMILES string of the molecule is Cl.NCC1(C(=O)Nc2ccc(-c3nn[nH]n3)cc2)CCOCC1. The predicted octanol–water partition coefficient (Wildman–Crippen LogP) is 0.982. The molecule has 1 aromatic heterocycles. The molecule has 1 aromatic carbocycles. The average molecular weight is 339 g/mol. The third-order valence-corrected chi connectivity index (χ3v) is 4.07. The second-order valence-corrected chi connectivity index (χ2v) is 5.36. The van der Waals surface area contributed by atoms with E-state index in [1.54, 1.807) is 0 Å². The van der Waals surface area contributed by atoms with E-state index in [0.717, 1.165) is 11.3 Å². The Balaban J connectivity index is 0.00000192. The van der Waals surface area contributed by atoms with Crippen molar-refractivity contribution >= 4 is 24.0 Å². The zero-order valence-electron chi connectivity index (χ0n) is 12.5. The molecule has 0 aliphatic carbocycles. The van der Waals surface area contributed by atoms with Gasteiger partial charge < -0.3 is 15.8 Å². The Morgan fingerprint density at radius 1 is 1.30 bits per heavy atom. The number of aromatic amines is 1. The first kappa shape index (κ1) is 17.3. The third kappa shape index (κ3) is 3.66. The van der Waals surface area contributed by atoms with Crippen LogP contribution in [0.2, 0.25) is 0 Å². The van der Waals surface area contributed by atoms with Gasteiger partial charge in [0.2, 0.25) is 11.7 Å². The van der Waals surface area contributed by atoms with E-state index in [1.807, 2.05) is 24.3 Å². The fraction of sp³-hybridized carbons (Fsp3) is 0.429. The van der Waals surface area contributed by atoms with Crippen molar-refractivity contribution in [3.63, 3.8) is 0 Å². The molecule has 0 spiro atoms. The molecule has 4 N–H and O–H groups in total. The quantitative estimate of drug-likeness (QED) is 0.764. The van der Waals surface area contributed by atoms with Crippen LogP contribution in [0.1, 0.15) is 12.8 Å². The van der Waals surface area contributed by atoms with E-state index in [-0.39, 0.29) is 18.3 Å². The van der Waals surface area contributed by atoms with Crippen LogP contribution in [-0.4, -0.2) is 46.3 Å². The largest absolute Gasteiger partial charge is 0.381 e. The number of ether oxygens (including phenoxy) is 1. The van der Waals surface area contributed by atoms with Gasteiger partial charge in [0, 0.05) is 31.0 Å². The summed E-state index contributed by atoms with van der Waals surface area (Å²) in [5.41, 5.74) is 6.85. The van der Waals surface area contributed by atoms with Crippen molar-refractivity contribution in [1.29, 1.82) is 0 Å². The lowest BCUT2D eigenvalue weighted by atomic mass is 9.79. The molecule has 1 fully saturated rings. The van der Waals surface area contributed by atoms with E-state index >= 15 is 0 Å². The van der Waals surface area contributed by atoms with Crippen LogP contribution >= 0.6 is 12.4 Å². The van der Waals surface area contributed by atoms with Crippen molar-refractivity contribution in [1.82, 2.24) is 20.6 Å². The number of carbonyl (C=O) groups excluding carboxylic acids is 1. The predicted molar refractivity (Wildman–Crippen MR) is 87.0 cm³/mol. The molecule has 3 rings (SSSR count). The first-order chi connectivity index (χ1) is 10.7. The van der Waals surface area contributed by atoms with E-state index in [0.29, 0.717) is 38.4 Å². The first-order valence-corrected chi connectivity index (χ1v) is 7.17. The van der Waals surface area contributed by atoms with Gasteiger partial charge in [0.05, 0.1) is 5.41 Å². The van der Waals surface area contributed by atoms with E-state index in [4.69, 9.17) is 10.5 Å². The molecule has 1 amide bonds. The van der Waals surface area contributed by atoms with Gasteiger partial charge in [0.15, 0.2) is 0 Å². The molecule has 9 heteroatoms. The molecule has 23 heavy (non-hydrogen) atoms. The summed E-state index contributed by atoms with van der Waals surface area (Å²) in [5.74, 6) is 0.464. The molecule has 1 saturated heterocycles. The lowest BCUT2D eigenvalue weighted by Crippen LogP contribution is -2.46. The Hall–Kier alpha value is -2.03. The lowest BCUT2D eigenvalue weighted by molar-refractivity contribution is -0.130. The first-order valence-electron chi connectivity index (χ1n) is 7.17. The minimum Gasteiger partial charge on any atom is -0.381 e. The Morgan fingerprint density at radius 3 is 2.57 bits per heavy atom. The third-order valence-electron chi connectivity index (χ3n) is 4.07. The molecule has 0 bridgehead atoms. The molecule has 1 aliphatic rings. The van der Waals surface area contributed by atoms with Crippen molar-refractivity contribution in [2.24, 2.45) is 11.1 Å². The van der Waals surface area contributed by atoms with Gasteiger partial charge in [-0.05, 0) is 42.3 Å². The van der Waals surface area contributed by atoms with Gasteiger partial charge in [-0.1, -0.05) is 0 Å². The summed E-state index contributed by atoms with van der Waals surface area (Å²) >= 11 is 0. The van der Waals surface area contributed by atoms with Crippen molar-refractivity contribution < 1.29 is 9.53 Å². The fourth-order valence-corrected chi connectivity index (χ4v) is 2.54. The molecule has 2 aromatic rings. The second kappa shape index (κ2) is 7.49. The zero-order valence-corrected chi connectivity index (χ0v) is 13.3. The van der Waals surface area contributed by atoms with Crippen LogP contribution in [-0.2, 0) is 9.53 Å². The van der Waals surface area contributed by atoms with Crippen molar-refractivity contribution in [3.05, 3.63) is 24.3 Å². The number of H-pyrrole nitrogens is 1. The van der Waals surface area contributed by atoms with Crippen LogP contribution in [0.3, 0.4) is 0 Å². The highest BCUT2D eigenvalue weighted by Gasteiger charge is 2.38. The molecule has 0 saturated carbocycles. The monoisotopic (exact) mass is 338 g/mol. The number of halogens is 1. The van der Waals surface area contributed by atoms with Gasteiger partial charge in [0.1, 0.15) is 0 Å². The number of nitrogens with two attached hydrogens (primary N) is 1.